The Labute approximate surface area is 123 Å². The molecule has 21 heavy (non-hydrogen) atoms. The highest BCUT2D eigenvalue weighted by molar-refractivity contribution is 5.55. The summed E-state index contributed by atoms with van der Waals surface area (Å²) in [6.07, 6.45) is 2.63. The minimum absolute atomic E-state index is 0.825. The van der Waals surface area contributed by atoms with E-state index in [9.17, 15) is 0 Å². The highest BCUT2D eigenvalue weighted by atomic mass is 15.4. The van der Waals surface area contributed by atoms with Gasteiger partial charge in [0.1, 0.15) is 12.1 Å². The van der Waals surface area contributed by atoms with Crippen LogP contribution in [0.1, 0.15) is 16.7 Å². The zero-order valence-electron chi connectivity index (χ0n) is 12.0. The number of hydrogen-bond donors (Lipinski definition) is 1. The van der Waals surface area contributed by atoms with Crippen molar-refractivity contribution in [2.24, 2.45) is 0 Å². The number of hydrogen-bond acceptors (Lipinski definition) is 4. The Morgan fingerprint density at radius 2 is 2.05 bits per heavy atom. The number of benzene rings is 1. The average molecular weight is 279 g/mol. The summed E-state index contributed by atoms with van der Waals surface area (Å²) >= 11 is 0. The van der Waals surface area contributed by atoms with Gasteiger partial charge in [-0.2, -0.15) is 9.61 Å². The third kappa shape index (κ3) is 2.01. The largest absolute Gasteiger partial charge is 0.399 e. The van der Waals surface area contributed by atoms with Gasteiger partial charge in [0.2, 0.25) is 0 Å². The molecule has 0 saturated carbocycles. The molecule has 0 spiro atoms. The number of nitrogens with zero attached hydrogens (tertiary/aromatic N) is 4. The number of nitrogens with two attached hydrogens (primary N) is 1. The molecule has 2 N–H and O–H groups in total. The minimum atomic E-state index is 0.825. The van der Waals surface area contributed by atoms with Crippen LogP contribution in [-0.4, -0.2) is 21.1 Å². The fourth-order valence-corrected chi connectivity index (χ4v) is 3.03. The van der Waals surface area contributed by atoms with Gasteiger partial charge in [-0.05, 0) is 54.3 Å². The Kier molecular flexibility index (Phi) is 2.60. The van der Waals surface area contributed by atoms with Crippen LogP contribution in [0.4, 0.5) is 11.5 Å². The van der Waals surface area contributed by atoms with Crippen molar-refractivity contribution >= 4 is 17.2 Å². The zero-order valence-corrected chi connectivity index (χ0v) is 12.0. The molecule has 0 aliphatic carbocycles. The Bertz CT molecular complexity index is 821. The first kappa shape index (κ1) is 12.2. The number of rotatable bonds is 1. The van der Waals surface area contributed by atoms with E-state index in [4.69, 9.17) is 5.73 Å². The van der Waals surface area contributed by atoms with Crippen LogP contribution < -0.4 is 10.6 Å². The van der Waals surface area contributed by atoms with Crippen molar-refractivity contribution in [2.75, 3.05) is 17.2 Å². The fourth-order valence-electron chi connectivity index (χ4n) is 3.03. The molecular formula is C16H17N5. The summed E-state index contributed by atoms with van der Waals surface area (Å²) in [5.41, 5.74) is 11.5. The van der Waals surface area contributed by atoms with Crippen LogP contribution in [0, 0.1) is 6.92 Å². The van der Waals surface area contributed by atoms with Crippen molar-refractivity contribution in [2.45, 2.75) is 19.9 Å². The molecule has 2 aromatic heterocycles. The lowest BCUT2D eigenvalue weighted by Crippen LogP contribution is -2.32. The Balaban J connectivity index is 1.78. The van der Waals surface area contributed by atoms with E-state index in [-0.39, 0.29) is 0 Å². The quantitative estimate of drug-likeness (QED) is 0.694. The lowest BCUT2D eigenvalue weighted by atomic mass is 9.99. The molecule has 1 aliphatic heterocycles. The Morgan fingerprint density at radius 1 is 1.14 bits per heavy atom. The van der Waals surface area contributed by atoms with Crippen molar-refractivity contribution in [3.8, 4) is 0 Å². The maximum absolute atomic E-state index is 5.92. The van der Waals surface area contributed by atoms with E-state index in [0.29, 0.717) is 0 Å². The summed E-state index contributed by atoms with van der Waals surface area (Å²) in [5.74, 6) is 1.09. The maximum atomic E-state index is 5.92. The molecular weight excluding hydrogens is 262 g/mol. The summed E-state index contributed by atoms with van der Waals surface area (Å²) in [7, 11) is 0. The van der Waals surface area contributed by atoms with E-state index in [0.717, 1.165) is 36.7 Å². The molecule has 106 valence electrons. The summed E-state index contributed by atoms with van der Waals surface area (Å²) in [6.45, 7) is 3.93. The van der Waals surface area contributed by atoms with Gasteiger partial charge < -0.3 is 10.6 Å². The van der Waals surface area contributed by atoms with E-state index in [1.807, 2.05) is 16.6 Å². The predicted octanol–water partition coefficient (Wildman–Crippen LogP) is 2.18. The highest BCUT2D eigenvalue weighted by Crippen LogP contribution is 2.26. The SMILES string of the molecule is Cc1cc(N2CCc3ccc(N)cc3C2)n2ncnc2c1. The minimum Gasteiger partial charge on any atom is -0.399 e. The first-order valence-corrected chi connectivity index (χ1v) is 7.13. The summed E-state index contributed by atoms with van der Waals surface area (Å²) in [5, 5.41) is 4.35. The van der Waals surface area contributed by atoms with Gasteiger partial charge in [0.25, 0.3) is 0 Å². The number of nitrogen functional groups attached to an aromatic ring is 1. The van der Waals surface area contributed by atoms with Gasteiger partial charge in [0.15, 0.2) is 5.65 Å². The second-order valence-corrected chi connectivity index (χ2v) is 5.62. The molecule has 0 fully saturated rings. The van der Waals surface area contributed by atoms with Crippen LogP contribution in [0.25, 0.3) is 5.65 Å². The second kappa shape index (κ2) is 4.48. The molecule has 0 amide bonds. The van der Waals surface area contributed by atoms with Crippen LogP contribution in [0.3, 0.4) is 0 Å². The molecule has 0 saturated heterocycles. The molecule has 0 atom stereocenters. The second-order valence-electron chi connectivity index (χ2n) is 5.62. The van der Waals surface area contributed by atoms with E-state index in [1.54, 1.807) is 6.33 Å². The van der Waals surface area contributed by atoms with Crippen LogP contribution in [-0.2, 0) is 13.0 Å². The molecule has 5 heteroatoms. The summed E-state index contributed by atoms with van der Waals surface area (Å²) in [6, 6.07) is 10.4. The third-order valence-electron chi connectivity index (χ3n) is 4.07. The number of pyridine rings is 1. The molecule has 1 aromatic carbocycles. The van der Waals surface area contributed by atoms with Gasteiger partial charge >= 0.3 is 0 Å². The molecule has 0 unspecified atom stereocenters. The first-order valence-electron chi connectivity index (χ1n) is 7.13. The molecule has 3 aromatic rings. The summed E-state index contributed by atoms with van der Waals surface area (Å²) < 4.78 is 1.91. The number of fused-ring (bicyclic) bond motifs is 2. The lowest BCUT2D eigenvalue weighted by Gasteiger charge is -2.31. The molecule has 0 radical (unpaired) electrons. The van der Waals surface area contributed by atoms with Crippen molar-refractivity contribution in [3.05, 3.63) is 53.3 Å². The zero-order chi connectivity index (χ0) is 14.4. The maximum Gasteiger partial charge on any atom is 0.157 e. The predicted molar refractivity (Wildman–Crippen MR) is 83.3 cm³/mol. The van der Waals surface area contributed by atoms with Crippen molar-refractivity contribution in [1.29, 1.82) is 0 Å². The van der Waals surface area contributed by atoms with E-state index in [2.05, 4.69) is 40.1 Å². The Morgan fingerprint density at radius 3 is 2.95 bits per heavy atom. The third-order valence-corrected chi connectivity index (χ3v) is 4.07. The van der Waals surface area contributed by atoms with Crippen molar-refractivity contribution in [3.63, 3.8) is 0 Å². The molecule has 1 aliphatic rings. The lowest BCUT2D eigenvalue weighted by molar-refractivity contribution is 0.705. The Hall–Kier alpha value is -2.56. The topological polar surface area (TPSA) is 59.5 Å². The van der Waals surface area contributed by atoms with E-state index < -0.39 is 0 Å². The van der Waals surface area contributed by atoms with Gasteiger partial charge in [-0.1, -0.05) is 6.07 Å². The van der Waals surface area contributed by atoms with Crippen molar-refractivity contribution in [1.82, 2.24) is 14.6 Å². The van der Waals surface area contributed by atoms with Crippen LogP contribution >= 0.6 is 0 Å². The van der Waals surface area contributed by atoms with Crippen molar-refractivity contribution < 1.29 is 0 Å². The van der Waals surface area contributed by atoms with E-state index in [1.165, 1.54) is 16.7 Å². The average Bonchev–Trinajstić information content (AvgIpc) is 2.93. The van der Waals surface area contributed by atoms with Gasteiger partial charge in [-0.15, -0.1) is 0 Å². The molecule has 5 nitrogen and oxygen atoms in total. The van der Waals surface area contributed by atoms with Gasteiger partial charge in [-0.3, -0.25) is 0 Å². The first-order chi connectivity index (χ1) is 10.2. The number of aromatic nitrogens is 3. The van der Waals surface area contributed by atoms with Gasteiger partial charge in [0, 0.05) is 18.8 Å². The smallest absolute Gasteiger partial charge is 0.157 e. The molecule has 3 heterocycles. The van der Waals surface area contributed by atoms with Gasteiger partial charge in [0.05, 0.1) is 0 Å². The normalized spacial score (nSPS) is 14.4. The van der Waals surface area contributed by atoms with Crippen LogP contribution in [0.5, 0.6) is 0 Å². The number of anilines is 2. The van der Waals surface area contributed by atoms with Crippen LogP contribution in [0.15, 0.2) is 36.7 Å². The summed E-state index contributed by atoms with van der Waals surface area (Å²) in [4.78, 5) is 6.64. The molecule has 4 rings (SSSR count). The fraction of sp³-hybridized carbons (Fsp3) is 0.250. The number of aryl methyl sites for hydroxylation is 1. The van der Waals surface area contributed by atoms with Gasteiger partial charge in [-0.25, -0.2) is 4.98 Å². The standard InChI is InChI=1S/C16H17N5/c1-11-6-15-18-10-19-21(15)16(7-11)20-5-4-12-2-3-14(17)8-13(12)9-20/h2-3,6-8,10H,4-5,9,17H2,1H3. The van der Waals surface area contributed by atoms with Crippen LogP contribution in [0.2, 0.25) is 0 Å². The molecule has 0 bridgehead atoms. The monoisotopic (exact) mass is 279 g/mol. The highest BCUT2D eigenvalue weighted by Gasteiger charge is 2.19. The van der Waals surface area contributed by atoms with E-state index >= 15 is 0 Å².